The van der Waals surface area contributed by atoms with E-state index in [0.29, 0.717) is 6.54 Å². The Bertz CT molecular complexity index is 684. The molecular formula is C15H14N2OS. The highest BCUT2D eigenvalue weighted by Crippen LogP contribution is 2.25. The first-order valence-corrected chi connectivity index (χ1v) is 7.22. The second kappa shape index (κ2) is 5.77. The lowest BCUT2D eigenvalue weighted by molar-refractivity contribution is 0.727. The van der Waals surface area contributed by atoms with Gasteiger partial charge in [-0.2, -0.15) is 5.26 Å². The van der Waals surface area contributed by atoms with Gasteiger partial charge in [0.05, 0.1) is 5.69 Å². The zero-order valence-electron chi connectivity index (χ0n) is 10.9. The number of thioether (sulfide) groups is 1. The van der Waals surface area contributed by atoms with Crippen LogP contribution in [0.15, 0.2) is 46.1 Å². The molecule has 3 nitrogen and oxygen atoms in total. The normalized spacial score (nSPS) is 10.2. The molecule has 1 heterocycles. The standard InChI is InChI=1S/C15H14N2OS/c1-3-17-13(11-7-5-4-6-8-11)9-14(19-2)12(10-16)15(17)18/h4-9H,3H2,1-2H3. The molecule has 0 saturated heterocycles. The Morgan fingerprint density at radius 2 is 2.00 bits per heavy atom. The fraction of sp³-hybridized carbons (Fsp3) is 0.200. The van der Waals surface area contributed by atoms with Crippen molar-refractivity contribution in [2.45, 2.75) is 18.4 Å². The summed E-state index contributed by atoms with van der Waals surface area (Å²) in [5, 5.41) is 9.14. The summed E-state index contributed by atoms with van der Waals surface area (Å²) in [4.78, 5) is 13.1. The number of aromatic nitrogens is 1. The molecule has 0 aliphatic carbocycles. The summed E-state index contributed by atoms with van der Waals surface area (Å²) in [5.74, 6) is 0. The molecule has 2 aromatic rings. The predicted molar refractivity (Wildman–Crippen MR) is 78.3 cm³/mol. The summed E-state index contributed by atoms with van der Waals surface area (Å²) in [5.41, 5.74) is 1.86. The van der Waals surface area contributed by atoms with Crippen molar-refractivity contribution in [2.75, 3.05) is 6.26 Å². The minimum Gasteiger partial charge on any atom is -0.307 e. The fourth-order valence-corrected chi connectivity index (χ4v) is 2.62. The van der Waals surface area contributed by atoms with E-state index in [2.05, 4.69) is 0 Å². The van der Waals surface area contributed by atoms with Crippen LogP contribution in [-0.2, 0) is 6.54 Å². The Morgan fingerprint density at radius 1 is 1.32 bits per heavy atom. The number of nitriles is 1. The molecule has 96 valence electrons. The first-order chi connectivity index (χ1) is 9.22. The Hall–Kier alpha value is -1.99. The molecule has 0 atom stereocenters. The predicted octanol–water partition coefficient (Wildman–Crippen LogP) is 3.13. The third-order valence-corrected chi connectivity index (χ3v) is 3.74. The van der Waals surface area contributed by atoms with Gasteiger partial charge < -0.3 is 4.57 Å². The molecule has 4 heteroatoms. The Labute approximate surface area is 116 Å². The van der Waals surface area contributed by atoms with E-state index in [1.165, 1.54) is 11.8 Å². The van der Waals surface area contributed by atoms with Gasteiger partial charge in [-0.25, -0.2) is 0 Å². The van der Waals surface area contributed by atoms with Gasteiger partial charge in [0.25, 0.3) is 5.56 Å². The minimum absolute atomic E-state index is 0.212. The molecule has 0 fully saturated rings. The number of rotatable bonds is 3. The van der Waals surface area contributed by atoms with Gasteiger partial charge in [0.2, 0.25) is 0 Å². The van der Waals surface area contributed by atoms with Gasteiger partial charge in [0.15, 0.2) is 0 Å². The zero-order chi connectivity index (χ0) is 13.8. The average Bonchev–Trinajstić information content (AvgIpc) is 2.47. The lowest BCUT2D eigenvalue weighted by atomic mass is 10.1. The molecule has 0 bridgehead atoms. The van der Waals surface area contributed by atoms with E-state index in [-0.39, 0.29) is 11.1 Å². The Morgan fingerprint density at radius 3 is 2.53 bits per heavy atom. The number of pyridine rings is 1. The van der Waals surface area contributed by atoms with Gasteiger partial charge in [-0.15, -0.1) is 11.8 Å². The summed E-state index contributed by atoms with van der Waals surface area (Å²) < 4.78 is 1.65. The summed E-state index contributed by atoms with van der Waals surface area (Å²) in [6.07, 6.45) is 1.88. The van der Waals surface area contributed by atoms with Gasteiger partial charge in [-0.1, -0.05) is 30.3 Å². The summed E-state index contributed by atoms with van der Waals surface area (Å²) in [6, 6.07) is 13.7. The Kier molecular flexibility index (Phi) is 4.08. The average molecular weight is 270 g/mol. The van der Waals surface area contributed by atoms with Crippen LogP contribution in [0.25, 0.3) is 11.3 Å². The molecule has 0 saturated carbocycles. The van der Waals surface area contributed by atoms with Gasteiger partial charge in [-0.3, -0.25) is 4.79 Å². The van der Waals surface area contributed by atoms with Crippen LogP contribution in [0.4, 0.5) is 0 Å². The second-order valence-electron chi connectivity index (χ2n) is 4.00. The van der Waals surface area contributed by atoms with Crippen LogP contribution in [0, 0.1) is 11.3 Å². The van der Waals surface area contributed by atoms with Gasteiger partial charge in [0.1, 0.15) is 11.6 Å². The van der Waals surface area contributed by atoms with Crippen LogP contribution < -0.4 is 5.56 Å². The molecule has 1 aromatic carbocycles. The van der Waals surface area contributed by atoms with Crippen molar-refractivity contribution in [3.63, 3.8) is 0 Å². The van der Waals surface area contributed by atoms with Gasteiger partial charge in [-0.05, 0) is 24.8 Å². The highest BCUT2D eigenvalue weighted by atomic mass is 32.2. The van der Waals surface area contributed by atoms with Crippen LogP contribution in [0.5, 0.6) is 0 Å². The van der Waals surface area contributed by atoms with E-state index in [1.54, 1.807) is 4.57 Å². The third kappa shape index (κ3) is 2.42. The van der Waals surface area contributed by atoms with E-state index in [9.17, 15) is 4.79 Å². The molecule has 0 N–H and O–H groups in total. The first kappa shape index (κ1) is 13.4. The largest absolute Gasteiger partial charge is 0.307 e. The lowest BCUT2D eigenvalue weighted by Gasteiger charge is -2.13. The molecule has 0 amide bonds. The summed E-state index contributed by atoms with van der Waals surface area (Å²) >= 11 is 1.43. The van der Waals surface area contributed by atoms with Crippen molar-refractivity contribution in [1.82, 2.24) is 4.57 Å². The van der Waals surface area contributed by atoms with E-state index in [0.717, 1.165) is 16.2 Å². The number of nitrogens with zero attached hydrogens (tertiary/aromatic N) is 2. The second-order valence-corrected chi connectivity index (χ2v) is 4.85. The van der Waals surface area contributed by atoms with Gasteiger partial charge >= 0.3 is 0 Å². The van der Waals surface area contributed by atoms with E-state index >= 15 is 0 Å². The van der Waals surface area contributed by atoms with Crippen LogP contribution >= 0.6 is 11.8 Å². The summed E-state index contributed by atoms with van der Waals surface area (Å²) in [6.45, 7) is 2.46. The van der Waals surface area contributed by atoms with E-state index in [1.807, 2.05) is 55.6 Å². The molecule has 0 unspecified atom stereocenters. The van der Waals surface area contributed by atoms with Crippen molar-refractivity contribution in [3.05, 3.63) is 52.3 Å². The topological polar surface area (TPSA) is 45.8 Å². The highest BCUT2D eigenvalue weighted by molar-refractivity contribution is 7.98. The first-order valence-electron chi connectivity index (χ1n) is 6.00. The molecule has 0 aliphatic heterocycles. The Balaban J connectivity index is 2.79. The van der Waals surface area contributed by atoms with Crippen LogP contribution in [-0.4, -0.2) is 10.8 Å². The van der Waals surface area contributed by atoms with Gasteiger partial charge in [0, 0.05) is 11.4 Å². The fourth-order valence-electron chi connectivity index (χ4n) is 2.05. The monoisotopic (exact) mass is 270 g/mol. The number of benzene rings is 1. The maximum absolute atomic E-state index is 12.3. The molecule has 0 aliphatic rings. The number of hydrogen-bond donors (Lipinski definition) is 0. The zero-order valence-corrected chi connectivity index (χ0v) is 11.7. The van der Waals surface area contributed by atoms with Crippen molar-refractivity contribution in [1.29, 1.82) is 5.26 Å². The van der Waals surface area contributed by atoms with E-state index < -0.39 is 0 Å². The van der Waals surface area contributed by atoms with Crippen molar-refractivity contribution >= 4 is 11.8 Å². The molecular weight excluding hydrogens is 256 g/mol. The van der Waals surface area contributed by atoms with E-state index in [4.69, 9.17) is 5.26 Å². The quantitative estimate of drug-likeness (QED) is 0.805. The van der Waals surface area contributed by atoms with Crippen LogP contribution in [0.1, 0.15) is 12.5 Å². The molecule has 2 rings (SSSR count). The third-order valence-electron chi connectivity index (χ3n) is 2.98. The maximum atomic E-state index is 12.3. The maximum Gasteiger partial charge on any atom is 0.270 e. The molecule has 0 spiro atoms. The summed E-state index contributed by atoms with van der Waals surface area (Å²) in [7, 11) is 0. The van der Waals surface area contributed by atoms with Crippen molar-refractivity contribution < 1.29 is 0 Å². The molecule has 1 aromatic heterocycles. The molecule has 0 radical (unpaired) electrons. The van der Waals surface area contributed by atoms with Crippen LogP contribution in [0.2, 0.25) is 0 Å². The SMILES string of the molecule is CCn1c(-c2ccccc2)cc(SC)c(C#N)c1=O. The highest BCUT2D eigenvalue weighted by Gasteiger charge is 2.14. The minimum atomic E-state index is -0.212. The van der Waals surface area contributed by atoms with Crippen molar-refractivity contribution in [2.24, 2.45) is 0 Å². The van der Waals surface area contributed by atoms with Crippen molar-refractivity contribution in [3.8, 4) is 17.3 Å². The number of hydrogen-bond acceptors (Lipinski definition) is 3. The smallest absolute Gasteiger partial charge is 0.270 e. The molecule has 19 heavy (non-hydrogen) atoms. The lowest BCUT2D eigenvalue weighted by Crippen LogP contribution is -2.24. The van der Waals surface area contributed by atoms with Crippen LogP contribution in [0.3, 0.4) is 0 Å².